The number of halogens is 1. The van der Waals surface area contributed by atoms with Crippen LogP contribution < -0.4 is 10.1 Å². The van der Waals surface area contributed by atoms with Crippen molar-refractivity contribution in [3.8, 4) is 5.75 Å². The third kappa shape index (κ3) is 4.82. The second-order valence-corrected chi connectivity index (χ2v) is 4.92. The molecule has 0 saturated heterocycles. The molecule has 7 heteroatoms. The Bertz CT molecular complexity index is 492. The zero-order chi connectivity index (χ0) is 15.1. The maximum absolute atomic E-state index is 11.8. The Hall–Kier alpha value is -1.60. The number of aliphatic carboxylic acids is 1. The van der Waals surface area contributed by atoms with E-state index in [-0.39, 0.29) is 18.9 Å². The lowest BCUT2D eigenvalue weighted by molar-refractivity contribution is -0.148. The molecular formula is C13H16BrNO5. The van der Waals surface area contributed by atoms with E-state index in [1.54, 1.807) is 12.1 Å². The van der Waals surface area contributed by atoms with E-state index in [0.717, 1.165) is 4.47 Å². The Kier molecular flexibility index (Phi) is 6.47. The first-order valence-electron chi connectivity index (χ1n) is 5.82. The molecule has 1 atom stereocenters. The van der Waals surface area contributed by atoms with E-state index in [9.17, 15) is 9.59 Å². The van der Waals surface area contributed by atoms with E-state index in [0.29, 0.717) is 11.3 Å². The summed E-state index contributed by atoms with van der Waals surface area (Å²) in [5.74, 6) is -0.817. The van der Waals surface area contributed by atoms with E-state index < -0.39 is 12.1 Å². The quantitative estimate of drug-likeness (QED) is 0.775. The fourth-order valence-corrected chi connectivity index (χ4v) is 2.01. The molecule has 110 valence electrons. The molecule has 0 spiro atoms. The Morgan fingerprint density at radius 3 is 2.65 bits per heavy atom. The molecule has 0 heterocycles. The van der Waals surface area contributed by atoms with Crippen molar-refractivity contribution in [2.45, 2.75) is 12.5 Å². The van der Waals surface area contributed by atoms with Crippen LogP contribution in [0.1, 0.15) is 5.56 Å². The van der Waals surface area contributed by atoms with Gasteiger partial charge in [0.15, 0.2) is 6.10 Å². The standard InChI is InChI=1S/C13H16BrNO5/c1-19-10-4-3-9(14)5-8(10)6-12(16)15-7-11(20-2)13(17)18/h3-5,11H,6-7H2,1-2H3,(H,15,16)(H,17,18). The lowest BCUT2D eigenvalue weighted by Crippen LogP contribution is -2.38. The summed E-state index contributed by atoms with van der Waals surface area (Å²) in [5.41, 5.74) is 0.712. The van der Waals surface area contributed by atoms with Crippen molar-refractivity contribution in [3.63, 3.8) is 0 Å². The van der Waals surface area contributed by atoms with Crippen molar-refractivity contribution in [1.29, 1.82) is 0 Å². The second kappa shape index (κ2) is 7.86. The zero-order valence-electron chi connectivity index (χ0n) is 11.2. The zero-order valence-corrected chi connectivity index (χ0v) is 12.8. The van der Waals surface area contributed by atoms with E-state index >= 15 is 0 Å². The SMILES string of the molecule is COc1ccc(Br)cc1CC(=O)NCC(OC)C(=O)O. The summed E-state index contributed by atoms with van der Waals surface area (Å²) >= 11 is 3.32. The Morgan fingerprint density at radius 1 is 1.40 bits per heavy atom. The maximum Gasteiger partial charge on any atom is 0.334 e. The molecule has 1 unspecified atom stereocenters. The molecular weight excluding hydrogens is 330 g/mol. The number of hydrogen-bond donors (Lipinski definition) is 2. The van der Waals surface area contributed by atoms with Crippen LogP contribution in [-0.4, -0.2) is 43.9 Å². The molecule has 6 nitrogen and oxygen atoms in total. The number of methoxy groups -OCH3 is 2. The third-order valence-electron chi connectivity index (χ3n) is 2.64. The van der Waals surface area contributed by atoms with Crippen LogP contribution in [0.15, 0.2) is 22.7 Å². The minimum absolute atomic E-state index is 0.0824. The summed E-state index contributed by atoms with van der Waals surface area (Å²) < 4.78 is 10.7. The molecule has 1 aromatic rings. The van der Waals surface area contributed by atoms with Gasteiger partial charge in [-0.05, 0) is 18.2 Å². The van der Waals surface area contributed by atoms with Gasteiger partial charge < -0.3 is 19.9 Å². The first-order chi connectivity index (χ1) is 9.47. The summed E-state index contributed by atoms with van der Waals surface area (Å²) in [6, 6.07) is 5.34. The molecule has 20 heavy (non-hydrogen) atoms. The predicted molar refractivity (Wildman–Crippen MR) is 75.8 cm³/mol. The van der Waals surface area contributed by atoms with Crippen LogP contribution in [0, 0.1) is 0 Å². The lowest BCUT2D eigenvalue weighted by Gasteiger charge is -2.12. The number of carboxylic acid groups (broad SMARTS) is 1. The fraction of sp³-hybridized carbons (Fsp3) is 0.385. The molecule has 1 amide bonds. The summed E-state index contributed by atoms with van der Waals surface area (Å²) in [6.07, 6.45) is -0.957. The molecule has 0 bridgehead atoms. The maximum atomic E-state index is 11.8. The highest BCUT2D eigenvalue weighted by Crippen LogP contribution is 2.23. The number of benzene rings is 1. The average Bonchev–Trinajstić information content (AvgIpc) is 2.39. The predicted octanol–water partition coefficient (Wildman–Crippen LogP) is 1.22. The van der Waals surface area contributed by atoms with Crippen LogP contribution in [0.3, 0.4) is 0 Å². The van der Waals surface area contributed by atoms with Crippen LogP contribution in [0.5, 0.6) is 5.75 Å². The fourth-order valence-electron chi connectivity index (χ4n) is 1.60. The number of hydrogen-bond acceptors (Lipinski definition) is 4. The molecule has 0 aliphatic heterocycles. The van der Waals surface area contributed by atoms with Crippen molar-refractivity contribution in [1.82, 2.24) is 5.32 Å². The van der Waals surface area contributed by atoms with Gasteiger partial charge in [-0.25, -0.2) is 4.79 Å². The van der Waals surface area contributed by atoms with Gasteiger partial charge in [0.05, 0.1) is 20.1 Å². The van der Waals surface area contributed by atoms with E-state index in [1.807, 2.05) is 6.07 Å². The topological polar surface area (TPSA) is 84.9 Å². The Labute approximate surface area is 125 Å². The Balaban J connectivity index is 2.62. The van der Waals surface area contributed by atoms with Crippen molar-refractivity contribution in [2.75, 3.05) is 20.8 Å². The highest BCUT2D eigenvalue weighted by Gasteiger charge is 2.17. The van der Waals surface area contributed by atoms with Gasteiger partial charge in [0, 0.05) is 17.1 Å². The van der Waals surface area contributed by atoms with Crippen molar-refractivity contribution in [3.05, 3.63) is 28.2 Å². The number of nitrogens with one attached hydrogen (secondary N) is 1. The monoisotopic (exact) mass is 345 g/mol. The summed E-state index contributed by atoms with van der Waals surface area (Å²) in [5, 5.41) is 11.3. The molecule has 1 rings (SSSR count). The molecule has 0 aliphatic rings. The van der Waals surface area contributed by atoms with Crippen molar-refractivity contribution in [2.24, 2.45) is 0 Å². The van der Waals surface area contributed by atoms with Crippen LogP contribution in [-0.2, 0) is 20.7 Å². The summed E-state index contributed by atoms with van der Waals surface area (Å²) in [4.78, 5) is 22.5. The minimum atomic E-state index is -1.12. The number of amides is 1. The number of carboxylic acids is 1. The minimum Gasteiger partial charge on any atom is -0.496 e. The first kappa shape index (κ1) is 16.5. The third-order valence-corrected chi connectivity index (χ3v) is 3.13. The largest absolute Gasteiger partial charge is 0.496 e. The highest BCUT2D eigenvalue weighted by atomic mass is 79.9. The smallest absolute Gasteiger partial charge is 0.334 e. The van der Waals surface area contributed by atoms with Crippen molar-refractivity contribution >= 4 is 27.8 Å². The van der Waals surface area contributed by atoms with E-state index in [2.05, 4.69) is 21.2 Å². The first-order valence-corrected chi connectivity index (χ1v) is 6.62. The normalized spacial score (nSPS) is 11.8. The van der Waals surface area contributed by atoms with Gasteiger partial charge in [-0.3, -0.25) is 4.79 Å². The van der Waals surface area contributed by atoms with Gasteiger partial charge in [0.1, 0.15) is 5.75 Å². The highest BCUT2D eigenvalue weighted by molar-refractivity contribution is 9.10. The van der Waals surface area contributed by atoms with Crippen LogP contribution >= 0.6 is 15.9 Å². The number of carbonyl (C=O) groups is 2. The number of ether oxygens (including phenoxy) is 2. The lowest BCUT2D eigenvalue weighted by atomic mass is 10.1. The Morgan fingerprint density at radius 2 is 2.10 bits per heavy atom. The van der Waals surface area contributed by atoms with Gasteiger partial charge in [0.25, 0.3) is 0 Å². The molecule has 1 aromatic carbocycles. The van der Waals surface area contributed by atoms with E-state index in [4.69, 9.17) is 14.6 Å². The van der Waals surface area contributed by atoms with Crippen LogP contribution in [0.2, 0.25) is 0 Å². The molecule has 0 aliphatic carbocycles. The van der Waals surface area contributed by atoms with Crippen LogP contribution in [0.25, 0.3) is 0 Å². The molecule has 0 aromatic heterocycles. The molecule has 0 fully saturated rings. The van der Waals surface area contributed by atoms with Gasteiger partial charge in [-0.2, -0.15) is 0 Å². The molecule has 0 radical (unpaired) electrons. The second-order valence-electron chi connectivity index (χ2n) is 4.00. The molecule has 2 N–H and O–H groups in total. The summed E-state index contributed by atoms with van der Waals surface area (Å²) in [7, 11) is 2.80. The summed E-state index contributed by atoms with van der Waals surface area (Å²) in [6.45, 7) is -0.0824. The van der Waals surface area contributed by atoms with Gasteiger partial charge >= 0.3 is 5.97 Å². The van der Waals surface area contributed by atoms with E-state index in [1.165, 1.54) is 14.2 Å². The van der Waals surface area contributed by atoms with Gasteiger partial charge in [-0.15, -0.1) is 0 Å². The number of carbonyl (C=O) groups excluding carboxylic acids is 1. The van der Waals surface area contributed by atoms with Crippen LogP contribution in [0.4, 0.5) is 0 Å². The van der Waals surface area contributed by atoms with Gasteiger partial charge in [-0.1, -0.05) is 15.9 Å². The van der Waals surface area contributed by atoms with Gasteiger partial charge in [0.2, 0.25) is 5.91 Å². The molecule has 0 saturated carbocycles. The van der Waals surface area contributed by atoms with Crippen molar-refractivity contribution < 1.29 is 24.2 Å². The average molecular weight is 346 g/mol. The number of rotatable bonds is 7.